The molecule has 0 aliphatic rings. The molecule has 0 aliphatic heterocycles. The van der Waals surface area contributed by atoms with Crippen LogP contribution >= 0.6 is 0 Å². The maximum Gasteiger partial charge on any atom is 0.134 e. The quantitative estimate of drug-likeness (QED) is 0.334. The van der Waals surface area contributed by atoms with Crippen LogP contribution in [0.15, 0.2) is 66.7 Å². The SMILES string of the molecule is CCCCC(C)c1cccc(-c2cccc(N(c3ccccc3)C(C)(C)CCC)n2)n1. The molecule has 3 nitrogen and oxygen atoms in total. The number of anilines is 2. The molecule has 3 aromatic rings. The number of unbranched alkanes of at least 4 members (excludes halogenated alkanes) is 1. The number of nitrogens with zero attached hydrogens (tertiary/aromatic N) is 3. The van der Waals surface area contributed by atoms with E-state index >= 15 is 0 Å². The number of pyridine rings is 2. The van der Waals surface area contributed by atoms with Crippen molar-refractivity contribution in [1.82, 2.24) is 9.97 Å². The predicted molar refractivity (Wildman–Crippen MR) is 133 cm³/mol. The van der Waals surface area contributed by atoms with Gasteiger partial charge in [-0.3, -0.25) is 4.98 Å². The van der Waals surface area contributed by atoms with E-state index in [1.54, 1.807) is 0 Å². The monoisotopic (exact) mass is 415 g/mol. The minimum Gasteiger partial charge on any atom is -0.321 e. The lowest BCUT2D eigenvalue weighted by Crippen LogP contribution is -2.41. The molecule has 0 amide bonds. The van der Waals surface area contributed by atoms with Crippen molar-refractivity contribution in [2.24, 2.45) is 0 Å². The molecule has 164 valence electrons. The first-order valence-electron chi connectivity index (χ1n) is 11.8. The van der Waals surface area contributed by atoms with E-state index in [1.807, 2.05) is 0 Å². The van der Waals surface area contributed by atoms with Gasteiger partial charge in [0.15, 0.2) is 0 Å². The van der Waals surface area contributed by atoms with Gasteiger partial charge in [0, 0.05) is 16.9 Å². The summed E-state index contributed by atoms with van der Waals surface area (Å²) in [5.41, 5.74) is 4.15. The Morgan fingerprint density at radius 1 is 0.806 bits per heavy atom. The van der Waals surface area contributed by atoms with Crippen molar-refractivity contribution in [3.05, 3.63) is 72.4 Å². The van der Waals surface area contributed by atoms with E-state index in [4.69, 9.17) is 9.97 Å². The van der Waals surface area contributed by atoms with Crippen LogP contribution in [0, 0.1) is 0 Å². The highest BCUT2D eigenvalue weighted by molar-refractivity contribution is 5.65. The van der Waals surface area contributed by atoms with Gasteiger partial charge in [0.25, 0.3) is 0 Å². The lowest BCUT2D eigenvalue weighted by molar-refractivity contribution is 0.456. The van der Waals surface area contributed by atoms with Gasteiger partial charge >= 0.3 is 0 Å². The molecule has 2 aromatic heterocycles. The molecule has 0 aliphatic carbocycles. The van der Waals surface area contributed by atoms with Crippen molar-refractivity contribution in [3.63, 3.8) is 0 Å². The summed E-state index contributed by atoms with van der Waals surface area (Å²) in [6.45, 7) is 11.3. The Hall–Kier alpha value is -2.68. The van der Waals surface area contributed by atoms with Crippen LogP contribution in [0.25, 0.3) is 11.4 Å². The van der Waals surface area contributed by atoms with E-state index in [0.717, 1.165) is 35.7 Å². The largest absolute Gasteiger partial charge is 0.321 e. The van der Waals surface area contributed by atoms with Crippen LogP contribution in [0.3, 0.4) is 0 Å². The van der Waals surface area contributed by atoms with Crippen molar-refractivity contribution in [2.45, 2.75) is 78.2 Å². The summed E-state index contributed by atoms with van der Waals surface area (Å²) < 4.78 is 0. The number of aromatic nitrogens is 2. The minimum atomic E-state index is -0.0499. The van der Waals surface area contributed by atoms with Crippen LogP contribution in [0.2, 0.25) is 0 Å². The zero-order chi connectivity index (χ0) is 22.3. The zero-order valence-corrected chi connectivity index (χ0v) is 19.8. The second-order valence-electron chi connectivity index (χ2n) is 9.11. The third kappa shape index (κ3) is 5.72. The van der Waals surface area contributed by atoms with Crippen LogP contribution in [0.1, 0.15) is 78.3 Å². The van der Waals surface area contributed by atoms with Crippen molar-refractivity contribution in [1.29, 1.82) is 0 Å². The Kier molecular flexibility index (Phi) is 7.84. The van der Waals surface area contributed by atoms with Crippen molar-refractivity contribution >= 4 is 11.5 Å². The molecule has 0 bridgehead atoms. The summed E-state index contributed by atoms with van der Waals surface area (Å²) in [7, 11) is 0. The second-order valence-corrected chi connectivity index (χ2v) is 9.11. The molecule has 1 aromatic carbocycles. The molecule has 1 unspecified atom stereocenters. The Morgan fingerprint density at radius 3 is 2.16 bits per heavy atom. The van der Waals surface area contributed by atoms with Crippen LogP contribution in [0.5, 0.6) is 0 Å². The van der Waals surface area contributed by atoms with Gasteiger partial charge in [0.2, 0.25) is 0 Å². The summed E-state index contributed by atoms with van der Waals surface area (Å²) in [6, 6.07) is 23.2. The summed E-state index contributed by atoms with van der Waals surface area (Å²) in [4.78, 5) is 12.4. The maximum absolute atomic E-state index is 5.09. The van der Waals surface area contributed by atoms with Gasteiger partial charge in [-0.15, -0.1) is 0 Å². The number of hydrogen-bond acceptors (Lipinski definition) is 3. The Balaban J connectivity index is 1.99. The highest BCUT2D eigenvalue weighted by Crippen LogP contribution is 2.35. The van der Waals surface area contributed by atoms with Gasteiger partial charge in [-0.05, 0) is 69.0 Å². The molecule has 2 heterocycles. The lowest BCUT2D eigenvalue weighted by atomic mass is 9.95. The number of hydrogen-bond donors (Lipinski definition) is 0. The van der Waals surface area contributed by atoms with Gasteiger partial charge in [-0.1, -0.05) is 70.4 Å². The van der Waals surface area contributed by atoms with Gasteiger partial charge < -0.3 is 4.90 Å². The molecule has 0 N–H and O–H groups in total. The van der Waals surface area contributed by atoms with E-state index in [9.17, 15) is 0 Å². The standard InChI is InChI=1S/C28H37N3/c1-6-8-14-22(3)24-17-12-18-25(29-24)26-19-13-20-27(30-26)31(28(4,5)21-7-2)23-15-10-9-11-16-23/h9-13,15-20,22H,6-8,14,21H2,1-5H3. The third-order valence-corrected chi connectivity index (χ3v) is 5.97. The van der Waals surface area contributed by atoms with E-state index in [1.165, 1.54) is 24.9 Å². The average molecular weight is 416 g/mol. The maximum atomic E-state index is 5.09. The normalized spacial score (nSPS) is 12.5. The fourth-order valence-electron chi connectivity index (χ4n) is 4.31. The van der Waals surface area contributed by atoms with Gasteiger partial charge in [-0.25, -0.2) is 4.98 Å². The topological polar surface area (TPSA) is 29.0 Å². The second kappa shape index (κ2) is 10.6. The number of benzene rings is 1. The summed E-state index contributed by atoms with van der Waals surface area (Å²) >= 11 is 0. The predicted octanol–water partition coefficient (Wildman–Crippen LogP) is 8.15. The molecule has 0 saturated heterocycles. The van der Waals surface area contributed by atoms with Crippen LogP contribution in [-0.2, 0) is 0 Å². The molecule has 0 fully saturated rings. The Morgan fingerprint density at radius 2 is 1.48 bits per heavy atom. The van der Waals surface area contributed by atoms with Crippen molar-refractivity contribution in [3.8, 4) is 11.4 Å². The van der Waals surface area contributed by atoms with Crippen LogP contribution in [0.4, 0.5) is 11.5 Å². The summed E-state index contributed by atoms with van der Waals surface area (Å²) in [5.74, 6) is 1.43. The van der Waals surface area contributed by atoms with E-state index in [0.29, 0.717) is 5.92 Å². The molecule has 3 rings (SSSR count). The molecule has 0 saturated carbocycles. The first-order chi connectivity index (χ1) is 15.0. The van der Waals surface area contributed by atoms with Crippen LogP contribution in [-0.4, -0.2) is 15.5 Å². The van der Waals surface area contributed by atoms with Crippen LogP contribution < -0.4 is 4.90 Å². The van der Waals surface area contributed by atoms with Crippen molar-refractivity contribution < 1.29 is 0 Å². The smallest absolute Gasteiger partial charge is 0.134 e. The summed E-state index contributed by atoms with van der Waals surface area (Å²) in [6.07, 6.45) is 5.83. The summed E-state index contributed by atoms with van der Waals surface area (Å²) in [5, 5.41) is 0. The first kappa shape index (κ1) is 23.0. The molecule has 3 heteroatoms. The zero-order valence-electron chi connectivity index (χ0n) is 19.8. The van der Waals surface area contributed by atoms with Gasteiger partial charge in [0.05, 0.1) is 11.4 Å². The molecular formula is C28H37N3. The molecule has 31 heavy (non-hydrogen) atoms. The van der Waals surface area contributed by atoms with E-state index in [2.05, 4.69) is 106 Å². The highest BCUT2D eigenvalue weighted by Gasteiger charge is 2.28. The van der Waals surface area contributed by atoms with E-state index < -0.39 is 0 Å². The Bertz CT molecular complexity index is 949. The average Bonchev–Trinajstić information content (AvgIpc) is 2.78. The minimum absolute atomic E-state index is 0.0499. The van der Waals surface area contributed by atoms with Gasteiger partial charge in [0.1, 0.15) is 5.82 Å². The van der Waals surface area contributed by atoms with Gasteiger partial charge in [-0.2, -0.15) is 0 Å². The van der Waals surface area contributed by atoms with Crippen molar-refractivity contribution in [2.75, 3.05) is 4.90 Å². The fourth-order valence-corrected chi connectivity index (χ4v) is 4.31. The first-order valence-corrected chi connectivity index (χ1v) is 11.8. The highest BCUT2D eigenvalue weighted by atomic mass is 15.2. The lowest BCUT2D eigenvalue weighted by Gasteiger charge is -2.40. The molecule has 0 radical (unpaired) electrons. The molecule has 0 spiro atoms. The fraction of sp³-hybridized carbons (Fsp3) is 0.429. The molecular weight excluding hydrogens is 378 g/mol. The third-order valence-electron chi connectivity index (χ3n) is 5.97. The number of rotatable bonds is 10. The van der Waals surface area contributed by atoms with E-state index in [-0.39, 0.29) is 5.54 Å². The molecule has 1 atom stereocenters. The Labute approximate surface area is 188 Å². The number of para-hydroxylation sites is 1.